The summed E-state index contributed by atoms with van der Waals surface area (Å²) in [6, 6.07) is 0.170. The lowest BCUT2D eigenvalue weighted by atomic mass is 9.66. The van der Waals surface area contributed by atoms with Crippen LogP contribution in [0, 0.1) is 11.3 Å². The summed E-state index contributed by atoms with van der Waals surface area (Å²) in [6.45, 7) is 2.01. The van der Waals surface area contributed by atoms with Crippen molar-refractivity contribution in [1.82, 2.24) is 5.32 Å². The quantitative estimate of drug-likeness (QED) is 0.731. The van der Waals surface area contributed by atoms with Crippen molar-refractivity contribution in [2.24, 2.45) is 11.3 Å². The van der Waals surface area contributed by atoms with E-state index in [2.05, 4.69) is 5.32 Å². The first-order valence-corrected chi connectivity index (χ1v) is 7.05. The third-order valence-corrected chi connectivity index (χ3v) is 4.38. The standard InChI is InChI=1S/C14H23NO3/c1-10(3-4-11-5-6-11)15-12(16)9-14(13(17)18)7-2-8-14/h10-11H,2-9H2,1H3,(H,15,16)(H,17,18). The molecule has 0 radical (unpaired) electrons. The molecule has 1 amide bonds. The first kappa shape index (κ1) is 13.4. The zero-order valence-corrected chi connectivity index (χ0v) is 11.1. The molecule has 2 aliphatic carbocycles. The third-order valence-electron chi connectivity index (χ3n) is 4.38. The van der Waals surface area contributed by atoms with Gasteiger partial charge in [0, 0.05) is 12.5 Å². The second-order valence-electron chi connectivity index (χ2n) is 6.11. The van der Waals surface area contributed by atoms with Crippen molar-refractivity contribution in [2.75, 3.05) is 0 Å². The van der Waals surface area contributed by atoms with E-state index in [4.69, 9.17) is 0 Å². The molecule has 2 rings (SSSR count). The molecular weight excluding hydrogens is 230 g/mol. The Morgan fingerprint density at radius 3 is 2.50 bits per heavy atom. The van der Waals surface area contributed by atoms with Crippen molar-refractivity contribution < 1.29 is 14.7 Å². The molecule has 2 saturated carbocycles. The van der Waals surface area contributed by atoms with Gasteiger partial charge in [-0.2, -0.15) is 0 Å². The molecule has 0 aromatic heterocycles. The molecule has 1 unspecified atom stereocenters. The van der Waals surface area contributed by atoms with E-state index in [9.17, 15) is 14.7 Å². The summed E-state index contributed by atoms with van der Waals surface area (Å²) in [5, 5.41) is 12.1. The first-order valence-electron chi connectivity index (χ1n) is 7.05. The van der Waals surface area contributed by atoms with Crippen molar-refractivity contribution in [2.45, 2.75) is 64.3 Å². The van der Waals surface area contributed by atoms with Gasteiger partial charge < -0.3 is 10.4 Å². The molecule has 0 aromatic carbocycles. The lowest BCUT2D eigenvalue weighted by Gasteiger charge is -2.37. The van der Waals surface area contributed by atoms with Crippen LogP contribution in [0.2, 0.25) is 0 Å². The number of carboxylic acids is 1. The fraction of sp³-hybridized carbons (Fsp3) is 0.857. The number of aliphatic carboxylic acids is 1. The van der Waals surface area contributed by atoms with E-state index in [-0.39, 0.29) is 18.4 Å². The van der Waals surface area contributed by atoms with Gasteiger partial charge >= 0.3 is 5.97 Å². The minimum atomic E-state index is -0.811. The molecule has 4 heteroatoms. The number of amides is 1. The predicted octanol–water partition coefficient (Wildman–Crippen LogP) is 2.33. The van der Waals surface area contributed by atoms with E-state index in [1.54, 1.807) is 0 Å². The average Bonchev–Trinajstić information content (AvgIpc) is 3.03. The van der Waals surface area contributed by atoms with Gasteiger partial charge in [-0.1, -0.05) is 19.3 Å². The molecule has 0 heterocycles. The first-order chi connectivity index (χ1) is 8.52. The van der Waals surface area contributed by atoms with Crippen molar-refractivity contribution >= 4 is 11.9 Å². The molecular formula is C14H23NO3. The third kappa shape index (κ3) is 3.24. The SMILES string of the molecule is CC(CCC1CC1)NC(=O)CC1(C(=O)O)CCC1. The van der Waals surface area contributed by atoms with Crippen molar-refractivity contribution in [3.63, 3.8) is 0 Å². The van der Waals surface area contributed by atoms with Crippen LogP contribution in [0.5, 0.6) is 0 Å². The van der Waals surface area contributed by atoms with E-state index < -0.39 is 11.4 Å². The summed E-state index contributed by atoms with van der Waals surface area (Å²) in [7, 11) is 0. The van der Waals surface area contributed by atoms with Gasteiger partial charge in [-0.15, -0.1) is 0 Å². The van der Waals surface area contributed by atoms with E-state index >= 15 is 0 Å². The molecule has 0 aromatic rings. The maximum absolute atomic E-state index is 11.9. The predicted molar refractivity (Wildman–Crippen MR) is 68.1 cm³/mol. The van der Waals surface area contributed by atoms with Crippen molar-refractivity contribution in [3.05, 3.63) is 0 Å². The summed E-state index contributed by atoms with van der Waals surface area (Å²) < 4.78 is 0. The summed E-state index contributed by atoms with van der Waals surface area (Å²) >= 11 is 0. The van der Waals surface area contributed by atoms with Gasteiger partial charge in [0.15, 0.2) is 0 Å². The summed E-state index contributed by atoms with van der Waals surface area (Å²) in [4.78, 5) is 23.0. The van der Waals surface area contributed by atoms with Crippen LogP contribution in [-0.4, -0.2) is 23.0 Å². The maximum Gasteiger partial charge on any atom is 0.310 e. The smallest absolute Gasteiger partial charge is 0.310 e. The molecule has 2 fully saturated rings. The Morgan fingerprint density at radius 1 is 1.39 bits per heavy atom. The van der Waals surface area contributed by atoms with Crippen LogP contribution in [0.25, 0.3) is 0 Å². The minimum Gasteiger partial charge on any atom is -0.481 e. The van der Waals surface area contributed by atoms with Gasteiger partial charge in [-0.25, -0.2) is 0 Å². The number of carbonyl (C=O) groups is 2. The Hall–Kier alpha value is -1.06. The largest absolute Gasteiger partial charge is 0.481 e. The van der Waals surface area contributed by atoms with E-state index in [1.807, 2.05) is 6.92 Å². The Kier molecular flexibility index (Phi) is 3.93. The molecule has 4 nitrogen and oxygen atoms in total. The van der Waals surface area contributed by atoms with Crippen LogP contribution in [-0.2, 0) is 9.59 Å². The average molecular weight is 253 g/mol. The van der Waals surface area contributed by atoms with E-state index in [0.29, 0.717) is 12.8 Å². The van der Waals surface area contributed by atoms with Gasteiger partial charge in [0.25, 0.3) is 0 Å². The van der Waals surface area contributed by atoms with Crippen LogP contribution in [0.15, 0.2) is 0 Å². The van der Waals surface area contributed by atoms with E-state index in [1.165, 1.54) is 19.3 Å². The molecule has 0 saturated heterocycles. The second-order valence-corrected chi connectivity index (χ2v) is 6.11. The summed E-state index contributed by atoms with van der Waals surface area (Å²) in [5.74, 6) is -0.0312. The van der Waals surface area contributed by atoms with Crippen molar-refractivity contribution in [1.29, 1.82) is 0 Å². The monoisotopic (exact) mass is 253 g/mol. The summed E-state index contributed by atoms with van der Waals surface area (Å²) in [5.41, 5.74) is -0.764. The Bertz CT molecular complexity index is 332. The fourth-order valence-electron chi connectivity index (χ4n) is 2.67. The zero-order chi connectivity index (χ0) is 13.2. The molecule has 18 heavy (non-hydrogen) atoms. The highest BCUT2D eigenvalue weighted by molar-refractivity contribution is 5.85. The van der Waals surface area contributed by atoms with Crippen LogP contribution in [0.4, 0.5) is 0 Å². The number of carbonyl (C=O) groups excluding carboxylic acids is 1. The van der Waals surface area contributed by atoms with Crippen LogP contribution >= 0.6 is 0 Å². The molecule has 2 aliphatic rings. The molecule has 0 aliphatic heterocycles. The van der Waals surface area contributed by atoms with Gasteiger partial charge in [0.05, 0.1) is 5.41 Å². The Morgan fingerprint density at radius 2 is 2.06 bits per heavy atom. The van der Waals surface area contributed by atoms with Crippen molar-refractivity contribution in [3.8, 4) is 0 Å². The molecule has 1 atom stereocenters. The number of hydrogen-bond acceptors (Lipinski definition) is 2. The lowest BCUT2D eigenvalue weighted by molar-refractivity contribution is -0.157. The highest BCUT2D eigenvalue weighted by Gasteiger charge is 2.45. The van der Waals surface area contributed by atoms with Crippen LogP contribution in [0.1, 0.15) is 58.3 Å². The highest BCUT2D eigenvalue weighted by Crippen LogP contribution is 2.44. The van der Waals surface area contributed by atoms with Gasteiger partial charge in [0.1, 0.15) is 0 Å². The maximum atomic E-state index is 11.9. The minimum absolute atomic E-state index is 0.0969. The highest BCUT2D eigenvalue weighted by atomic mass is 16.4. The van der Waals surface area contributed by atoms with Gasteiger partial charge in [-0.05, 0) is 38.5 Å². The van der Waals surface area contributed by atoms with Gasteiger partial charge in [0.2, 0.25) is 5.91 Å². The number of hydrogen-bond donors (Lipinski definition) is 2. The van der Waals surface area contributed by atoms with Crippen LogP contribution < -0.4 is 5.32 Å². The van der Waals surface area contributed by atoms with Gasteiger partial charge in [-0.3, -0.25) is 9.59 Å². The number of nitrogens with one attached hydrogen (secondary N) is 1. The fourth-order valence-corrected chi connectivity index (χ4v) is 2.67. The zero-order valence-electron chi connectivity index (χ0n) is 11.1. The van der Waals surface area contributed by atoms with E-state index in [0.717, 1.165) is 18.8 Å². The number of carboxylic acid groups (broad SMARTS) is 1. The summed E-state index contributed by atoms with van der Waals surface area (Å²) in [6.07, 6.45) is 7.24. The number of rotatable bonds is 7. The molecule has 2 N–H and O–H groups in total. The molecule has 102 valence electrons. The topological polar surface area (TPSA) is 66.4 Å². The Balaban J connectivity index is 1.71. The molecule has 0 spiro atoms. The molecule has 0 bridgehead atoms. The van der Waals surface area contributed by atoms with Crippen LogP contribution in [0.3, 0.4) is 0 Å². The normalized spacial score (nSPS) is 22.9. The Labute approximate surface area is 108 Å². The lowest BCUT2D eigenvalue weighted by Crippen LogP contribution is -2.44. The second kappa shape index (κ2) is 5.29.